The maximum atomic E-state index is 13.3. The summed E-state index contributed by atoms with van der Waals surface area (Å²) in [7, 11) is 0. The molecule has 0 bridgehead atoms. The smallest absolute Gasteiger partial charge is 0.353 e. The molecular weight excluding hydrogens is 339 g/mol. The van der Waals surface area contributed by atoms with Crippen LogP contribution < -0.4 is 10.6 Å². The zero-order chi connectivity index (χ0) is 17.6. The molecule has 134 valence electrons. The fourth-order valence-corrected chi connectivity index (χ4v) is 3.46. The summed E-state index contributed by atoms with van der Waals surface area (Å²) in [6.07, 6.45) is -4.36. The van der Waals surface area contributed by atoms with E-state index in [1.807, 2.05) is 30.3 Å². The highest BCUT2D eigenvalue weighted by Crippen LogP contribution is 2.26. The molecule has 1 aromatic carbocycles. The Hall–Kier alpha value is -1.25. The average molecular weight is 361 g/mol. The molecule has 2 rings (SSSR count). The second-order valence-corrected chi connectivity index (χ2v) is 7.08. The van der Waals surface area contributed by atoms with Gasteiger partial charge in [0.15, 0.2) is 0 Å². The normalized spacial score (nSPS) is 18.8. The topological polar surface area (TPSA) is 44.4 Å². The fraction of sp³-hybridized carbons (Fsp3) is 0.562. The summed E-state index contributed by atoms with van der Waals surface area (Å²) in [4.78, 5) is 14.4. The summed E-state index contributed by atoms with van der Waals surface area (Å²) >= 11 is 1.33. The van der Waals surface area contributed by atoms with Crippen LogP contribution in [0.2, 0.25) is 0 Å². The van der Waals surface area contributed by atoms with E-state index in [9.17, 15) is 18.0 Å². The molecule has 1 aromatic rings. The van der Waals surface area contributed by atoms with Gasteiger partial charge in [-0.1, -0.05) is 18.2 Å². The van der Waals surface area contributed by atoms with Crippen molar-refractivity contribution in [3.05, 3.63) is 30.3 Å². The maximum Gasteiger partial charge on any atom is 0.405 e. The number of thioether (sulfide) groups is 1. The first kappa shape index (κ1) is 19.1. The van der Waals surface area contributed by atoms with Gasteiger partial charge in [0.1, 0.15) is 6.04 Å². The van der Waals surface area contributed by atoms with Crippen LogP contribution in [0.1, 0.15) is 6.92 Å². The number of alkyl halides is 3. The lowest BCUT2D eigenvalue weighted by molar-refractivity contribution is -0.184. The summed E-state index contributed by atoms with van der Waals surface area (Å²) in [5, 5.41) is 5.04. The number of amides is 1. The number of hydrogen-bond acceptors (Lipinski definition) is 4. The standard InChI is InChI=1S/C16H22F3N3OS/c1-12(24-13-5-3-2-4-6-13)15(23)21-11-14(16(17,18)19)22-9-7-20-8-10-22/h2-6,12,14,20H,7-11H2,1H3,(H,21,23). The first-order valence-electron chi connectivity index (χ1n) is 7.89. The first-order chi connectivity index (χ1) is 11.4. The summed E-state index contributed by atoms with van der Waals surface area (Å²) in [6.45, 7) is 2.99. The number of carbonyl (C=O) groups is 1. The highest BCUT2D eigenvalue weighted by atomic mass is 32.2. The first-order valence-corrected chi connectivity index (χ1v) is 8.77. The van der Waals surface area contributed by atoms with Crippen molar-refractivity contribution in [2.24, 2.45) is 0 Å². The van der Waals surface area contributed by atoms with Gasteiger partial charge in [-0.3, -0.25) is 9.69 Å². The van der Waals surface area contributed by atoms with Crippen molar-refractivity contribution < 1.29 is 18.0 Å². The molecule has 8 heteroatoms. The molecule has 1 heterocycles. The average Bonchev–Trinajstić information content (AvgIpc) is 2.55. The van der Waals surface area contributed by atoms with E-state index < -0.39 is 24.0 Å². The Balaban J connectivity index is 1.89. The third kappa shape index (κ3) is 5.68. The van der Waals surface area contributed by atoms with Gasteiger partial charge in [-0.2, -0.15) is 13.2 Å². The number of piperazine rings is 1. The van der Waals surface area contributed by atoms with Crippen LogP contribution in [0.25, 0.3) is 0 Å². The highest BCUT2D eigenvalue weighted by Gasteiger charge is 2.43. The third-order valence-electron chi connectivity index (χ3n) is 3.87. The molecular formula is C16H22F3N3OS. The van der Waals surface area contributed by atoms with Crippen LogP contribution in [0.4, 0.5) is 13.2 Å². The van der Waals surface area contributed by atoms with E-state index >= 15 is 0 Å². The molecule has 1 aliphatic heterocycles. The van der Waals surface area contributed by atoms with Gasteiger partial charge in [0, 0.05) is 37.6 Å². The summed E-state index contributed by atoms with van der Waals surface area (Å²) < 4.78 is 39.9. The zero-order valence-corrected chi connectivity index (χ0v) is 14.3. The van der Waals surface area contributed by atoms with Crippen molar-refractivity contribution in [2.75, 3.05) is 32.7 Å². The van der Waals surface area contributed by atoms with Crippen LogP contribution in [-0.4, -0.2) is 61.0 Å². The van der Waals surface area contributed by atoms with Crippen LogP contribution in [-0.2, 0) is 4.79 Å². The van der Waals surface area contributed by atoms with E-state index in [4.69, 9.17) is 0 Å². The van der Waals surface area contributed by atoms with Gasteiger partial charge in [-0.25, -0.2) is 0 Å². The van der Waals surface area contributed by atoms with Gasteiger partial charge in [-0.05, 0) is 19.1 Å². The number of benzene rings is 1. The van der Waals surface area contributed by atoms with E-state index in [0.717, 1.165) is 4.90 Å². The zero-order valence-electron chi connectivity index (χ0n) is 13.5. The number of carbonyl (C=O) groups excluding carboxylic acids is 1. The van der Waals surface area contributed by atoms with Crippen LogP contribution in [0.3, 0.4) is 0 Å². The fourth-order valence-electron chi connectivity index (χ4n) is 2.54. The second kappa shape index (κ2) is 8.73. The van der Waals surface area contributed by atoms with E-state index in [1.54, 1.807) is 6.92 Å². The molecule has 0 spiro atoms. The quantitative estimate of drug-likeness (QED) is 0.762. The van der Waals surface area contributed by atoms with Gasteiger partial charge >= 0.3 is 6.18 Å². The van der Waals surface area contributed by atoms with E-state index in [-0.39, 0.29) is 5.91 Å². The molecule has 1 saturated heterocycles. The molecule has 24 heavy (non-hydrogen) atoms. The molecule has 1 aliphatic rings. The summed E-state index contributed by atoms with van der Waals surface area (Å²) in [5.41, 5.74) is 0. The van der Waals surface area contributed by atoms with Gasteiger partial charge < -0.3 is 10.6 Å². The van der Waals surface area contributed by atoms with Crippen molar-refractivity contribution >= 4 is 17.7 Å². The van der Waals surface area contributed by atoms with Crippen molar-refractivity contribution in [3.8, 4) is 0 Å². The van der Waals surface area contributed by atoms with Crippen molar-refractivity contribution in [2.45, 2.75) is 29.3 Å². The van der Waals surface area contributed by atoms with Crippen molar-refractivity contribution in [1.82, 2.24) is 15.5 Å². The Morgan fingerprint density at radius 3 is 2.50 bits per heavy atom. The number of nitrogens with zero attached hydrogens (tertiary/aromatic N) is 1. The van der Waals surface area contributed by atoms with Crippen LogP contribution in [0.5, 0.6) is 0 Å². The predicted octanol–water partition coefficient (Wildman–Crippen LogP) is 2.12. The van der Waals surface area contributed by atoms with Crippen LogP contribution >= 0.6 is 11.8 Å². The lowest BCUT2D eigenvalue weighted by atomic mass is 10.2. The van der Waals surface area contributed by atoms with Gasteiger partial charge in [0.05, 0.1) is 5.25 Å². The molecule has 0 radical (unpaired) electrons. The Labute approximate surface area is 144 Å². The Bertz CT molecular complexity index is 521. The molecule has 1 fully saturated rings. The molecule has 2 N–H and O–H groups in total. The monoisotopic (exact) mass is 361 g/mol. The lowest BCUT2D eigenvalue weighted by Crippen LogP contribution is -2.57. The molecule has 2 atom stereocenters. The molecule has 4 nitrogen and oxygen atoms in total. The minimum absolute atomic E-state index is 0.328. The number of hydrogen-bond donors (Lipinski definition) is 2. The lowest BCUT2D eigenvalue weighted by Gasteiger charge is -2.36. The Kier molecular flexibility index (Phi) is 6.94. The Morgan fingerprint density at radius 2 is 1.92 bits per heavy atom. The molecule has 1 amide bonds. The highest BCUT2D eigenvalue weighted by molar-refractivity contribution is 8.00. The number of rotatable bonds is 6. The van der Waals surface area contributed by atoms with Gasteiger partial charge in [-0.15, -0.1) is 11.8 Å². The second-order valence-electron chi connectivity index (χ2n) is 5.66. The number of halogens is 3. The SMILES string of the molecule is CC(Sc1ccccc1)C(=O)NCC(N1CCNCC1)C(F)(F)F. The largest absolute Gasteiger partial charge is 0.405 e. The van der Waals surface area contributed by atoms with Gasteiger partial charge in [0.25, 0.3) is 0 Å². The predicted molar refractivity (Wildman–Crippen MR) is 89.1 cm³/mol. The molecule has 0 aromatic heterocycles. The molecule has 2 unspecified atom stereocenters. The van der Waals surface area contributed by atoms with Crippen LogP contribution in [0.15, 0.2) is 35.2 Å². The summed E-state index contributed by atoms with van der Waals surface area (Å²) in [5.74, 6) is -0.381. The Morgan fingerprint density at radius 1 is 1.29 bits per heavy atom. The minimum atomic E-state index is -4.36. The van der Waals surface area contributed by atoms with Crippen LogP contribution in [0, 0.1) is 0 Å². The number of nitrogens with one attached hydrogen (secondary N) is 2. The van der Waals surface area contributed by atoms with Crippen molar-refractivity contribution in [1.29, 1.82) is 0 Å². The molecule has 0 aliphatic carbocycles. The van der Waals surface area contributed by atoms with Gasteiger partial charge in [0.2, 0.25) is 5.91 Å². The van der Waals surface area contributed by atoms with E-state index in [1.165, 1.54) is 16.7 Å². The minimum Gasteiger partial charge on any atom is -0.353 e. The van der Waals surface area contributed by atoms with E-state index in [0.29, 0.717) is 26.2 Å². The summed E-state index contributed by atoms with van der Waals surface area (Å²) in [6, 6.07) is 7.68. The molecule has 0 saturated carbocycles. The maximum absolute atomic E-state index is 13.3. The van der Waals surface area contributed by atoms with Crippen molar-refractivity contribution in [3.63, 3.8) is 0 Å². The third-order valence-corrected chi connectivity index (χ3v) is 4.98. The van der Waals surface area contributed by atoms with E-state index in [2.05, 4.69) is 10.6 Å².